The Hall–Kier alpha value is -1.39. The van der Waals surface area contributed by atoms with E-state index in [0.29, 0.717) is 0 Å². The largest absolute Gasteiger partial charge is 0.370 e. The summed E-state index contributed by atoms with van der Waals surface area (Å²) in [6.07, 6.45) is 4.09. The Labute approximate surface area is 125 Å². The zero-order chi connectivity index (χ0) is 14.2. The smallest absolute Gasteiger partial charge is 0.130 e. The molecule has 0 aliphatic rings. The number of thiophene rings is 1. The van der Waals surface area contributed by atoms with Crippen LogP contribution in [0, 0.1) is 0 Å². The van der Waals surface area contributed by atoms with Crippen LogP contribution in [-0.4, -0.2) is 30.0 Å². The van der Waals surface area contributed by atoms with Crippen molar-refractivity contribution < 1.29 is 0 Å². The normalized spacial score (nSPS) is 10.9. The predicted octanol–water partition coefficient (Wildman–Crippen LogP) is 3.64. The number of pyridine rings is 1. The second-order valence-corrected chi connectivity index (χ2v) is 6.04. The monoisotopic (exact) mass is 289 g/mol. The maximum atomic E-state index is 4.44. The summed E-state index contributed by atoms with van der Waals surface area (Å²) in [4.78, 5) is 8.25. The second kappa shape index (κ2) is 8.02. The molecule has 0 saturated carbocycles. The number of aromatic nitrogens is 1. The number of nitrogens with one attached hydrogen (secondary N) is 1. The highest BCUT2D eigenvalue weighted by Crippen LogP contribution is 2.15. The summed E-state index contributed by atoms with van der Waals surface area (Å²) in [5.74, 6) is 1.03. The van der Waals surface area contributed by atoms with E-state index in [1.165, 1.54) is 10.4 Å². The molecular weight excluding hydrogens is 266 g/mol. The van der Waals surface area contributed by atoms with E-state index >= 15 is 0 Å². The Bertz CT molecular complexity index is 496. The first-order valence-corrected chi connectivity index (χ1v) is 8.06. The molecular formula is C16H23N3S. The highest BCUT2D eigenvalue weighted by Gasteiger charge is 2.06. The van der Waals surface area contributed by atoms with Crippen molar-refractivity contribution >= 4 is 17.2 Å². The second-order valence-electron chi connectivity index (χ2n) is 5.01. The van der Waals surface area contributed by atoms with E-state index in [4.69, 9.17) is 0 Å². The quantitative estimate of drug-likeness (QED) is 0.804. The molecule has 108 valence electrons. The fourth-order valence-electron chi connectivity index (χ4n) is 2.09. The number of rotatable bonds is 8. The van der Waals surface area contributed by atoms with Crippen LogP contribution in [0.15, 0.2) is 35.8 Å². The first-order chi connectivity index (χ1) is 9.79. The van der Waals surface area contributed by atoms with Gasteiger partial charge in [-0.3, -0.25) is 0 Å². The molecule has 1 N–H and O–H groups in total. The van der Waals surface area contributed by atoms with E-state index in [2.05, 4.69) is 52.8 Å². The van der Waals surface area contributed by atoms with Gasteiger partial charge in [-0.15, -0.1) is 11.3 Å². The van der Waals surface area contributed by atoms with Gasteiger partial charge in [0.2, 0.25) is 0 Å². The van der Waals surface area contributed by atoms with Gasteiger partial charge in [0.15, 0.2) is 0 Å². The molecule has 0 bridgehead atoms. The molecule has 0 aliphatic carbocycles. The lowest BCUT2D eigenvalue weighted by Crippen LogP contribution is -2.21. The van der Waals surface area contributed by atoms with Crippen LogP contribution in [0.4, 0.5) is 5.82 Å². The maximum absolute atomic E-state index is 4.44. The summed E-state index contributed by atoms with van der Waals surface area (Å²) in [7, 11) is 2.17. The number of nitrogens with zero attached hydrogens (tertiary/aromatic N) is 2. The number of anilines is 1. The van der Waals surface area contributed by atoms with E-state index < -0.39 is 0 Å². The van der Waals surface area contributed by atoms with Gasteiger partial charge in [-0.25, -0.2) is 4.98 Å². The van der Waals surface area contributed by atoms with Crippen molar-refractivity contribution in [3.8, 4) is 0 Å². The van der Waals surface area contributed by atoms with Crippen LogP contribution < -0.4 is 5.32 Å². The standard InChI is InChI=1S/C16H23N3S/c1-3-9-17-16-14(6-4-10-18-16)13-19(2)11-8-15-7-5-12-20-15/h4-7,10,12H,3,8-9,11,13H2,1-2H3,(H,17,18). The minimum atomic E-state index is 0.936. The van der Waals surface area contributed by atoms with Gasteiger partial charge >= 0.3 is 0 Å². The van der Waals surface area contributed by atoms with E-state index in [0.717, 1.165) is 38.3 Å². The molecule has 3 nitrogen and oxygen atoms in total. The maximum Gasteiger partial charge on any atom is 0.130 e. The Morgan fingerprint density at radius 3 is 2.95 bits per heavy atom. The van der Waals surface area contributed by atoms with Gasteiger partial charge in [-0.05, 0) is 37.4 Å². The minimum absolute atomic E-state index is 0.936. The van der Waals surface area contributed by atoms with Crippen LogP contribution in [0.5, 0.6) is 0 Å². The Balaban J connectivity index is 1.88. The van der Waals surface area contributed by atoms with Gasteiger partial charge in [-0.1, -0.05) is 19.1 Å². The van der Waals surface area contributed by atoms with Crippen molar-refractivity contribution in [2.75, 3.05) is 25.5 Å². The molecule has 0 saturated heterocycles. The fourth-order valence-corrected chi connectivity index (χ4v) is 2.79. The lowest BCUT2D eigenvalue weighted by atomic mass is 10.2. The Morgan fingerprint density at radius 2 is 2.20 bits per heavy atom. The molecule has 4 heteroatoms. The molecule has 20 heavy (non-hydrogen) atoms. The summed E-state index contributed by atoms with van der Waals surface area (Å²) < 4.78 is 0. The van der Waals surface area contributed by atoms with E-state index in [-0.39, 0.29) is 0 Å². The Kier molecular flexibility index (Phi) is 6.02. The molecule has 0 fully saturated rings. The summed E-state index contributed by atoms with van der Waals surface area (Å²) in [5.41, 5.74) is 1.27. The first kappa shape index (κ1) is 15.0. The Morgan fingerprint density at radius 1 is 1.30 bits per heavy atom. The lowest BCUT2D eigenvalue weighted by molar-refractivity contribution is 0.332. The molecule has 2 heterocycles. The van der Waals surface area contributed by atoms with Crippen molar-refractivity contribution in [1.29, 1.82) is 0 Å². The molecule has 2 rings (SSSR count). The van der Waals surface area contributed by atoms with Crippen LogP contribution in [0.3, 0.4) is 0 Å². The van der Waals surface area contributed by atoms with Gasteiger partial charge in [0.25, 0.3) is 0 Å². The summed E-state index contributed by atoms with van der Waals surface area (Å²) in [5, 5.41) is 5.54. The molecule has 0 atom stereocenters. The molecule has 0 aromatic carbocycles. The van der Waals surface area contributed by atoms with Crippen molar-refractivity contribution in [3.05, 3.63) is 46.3 Å². The third-order valence-corrected chi connectivity index (χ3v) is 4.13. The van der Waals surface area contributed by atoms with E-state index in [1.807, 2.05) is 23.6 Å². The third kappa shape index (κ3) is 4.62. The van der Waals surface area contributed by atoms with Gasteiger partial charge < -0.3 is 10.2 Å². The van der Waals surface area contributed by atoms with Crippen molar-refractivity contribution in [1.82, 2.24) is 9.88 Å². The van der Waals surface area contributed by atoms with Crippen molar-refractivity contribution in [2.24, 2.45) is 0 Å². The molecule has 0 radical (unpaired) electrons. The highest BCUT2D eigenvalue weighted by molar-refractivity contribution is 7.09. The van der Waals surface area contributed by atoms with E-state index in [9.17, 15) is 0 Å². The highest BCUT2D eigenvalue weighted by atomic mass is 32.1. The van der Waals surface area contributed by atoms with Crippen LogP contribution in [0.25, 0.3) is 0 Å². The molecule has 0 amide bonds. The minimum Gasteiger partial charge on any atom is -0.370 e. The van der Waals surface area contributed by atoms with Crippen LogP contribution >= 0.6 is 11.3 Å². The summed E-state index contributed by atoms with van der Waals surface area (Å²) >= 11 is 1.83. The zero-order valence-corrected chi connectivity index (χ0v) is 13.1. The number of hydrogen-bond acceptors (Lipinski definition) is 4. The van der Waals surface area contributed by atoms with Crippen molar-refractivity contribution in [2.45, 2.75) is 26.3 Å². The number of likely N-dealkylation sites (N-methyl/N-ethyl adjacent to an activating group) is 1. The molecule has 0 spiro atoms. The lowest BCUT2D eigenvalue weighted by Gasteiger charge is -2.18. The van der Waals surface area contributed by atoms with Crippen LogP contribution in [0.1, 0.15) is 23.8 Å². The van der Waals surface area contributed by atoms with Crippen LogP contribution in [0.2, 0.25) is 0 Å². The SMILES string of the molecule is CCCNc1ncccc1CN(C)CCc1cccs1. The zero-order valence-electron chi connectivity index (χ0n) is 12.3. The molecule has 2 aromatic rings. The van der Waals surface area contributed by atoms with Gasteiger partial charge in [0, 0.05) is 36.3 Å². The van der Waals surface area contributed by atoms with Crippen molar-refractivity contribution in [3.63, 3.8) is 0 Å². The summed E-state index contributed by atoms with van der Waals surface area (Å²) in [6.45, 7) is 5.15. The van der Waals surface area contributed by atoms with Gasteiger partial charge in [0.1, 0.15) is 5.82 Å². The third-order valence-electron chi connectivity index (χ3n) is 3.19. The topological polar surface area (TPSA) is 28.2 Å². The first-order valence-electron chi connectivity index (χ1n) is 7.18. The average Bonchev–Trinajstić information content (AvgIpc) is 2.97. The number of hydrogen-bond donors (Lipinski definition) is 1. The predicted molar refractivity (Wildman–Crippen MR) is 87.4 cm³/mol. The van der Waals surface area contributed by atoms with Crippen LogP contribution in [-0.2, 0) is 13.0 Å². The molecule has 0 unspecified atom stereocenters. The van der Waals surface area contributed by atoms with Gasteiger partial charge in [-0.2, -0.15) is 0 Å². The fraction of sp³-hybridized carbons (Fsp3) is 0.438. The summed E-state index contributed by atoms with van der Waals surface area (Å²) in [6, 6.07) is 8.50. The molecule has 0 aliphatic heterocycles. The average molecular weight is 289 g/mol. The molecule has 2 aromatic heterocycles. The van der Waals surface area contributed by atoms with E-state index in [1.54, 1.807) is 0 Å². The van der Waals surface area contributed by atoms with Gasteiger partial charge in [0.05, 0.1) is 0 Å².